The predicted molar refractivity (Wildman–Crippen MR) is 176 cm³/mol. The molecule has 0 unspecified atom stereocenters. The number of amides is 1. The molecule has 6 nitrogen and oxygen atoms in total. The standard InChI is InChI=1S/C15H10ClF3N2OS.C7H3ClF2O.C7H7ClFN.CNS.K/c16-11-6-10(17)3-1-9(11)7-20-15(23)21-14(22)8-2-4-12(18)13(19)5-8;8-7(11)4-1-2-5(9)6(10)3-4;8-7-3-6(9)2-1-5(7)4-10;2-1-3;/h1-6H,7H2,(H2,20,21,22,23);1-3H;1-3H,4,10H2;;/q;;;-1;+1. The fourth-order valence-corrected chi connectivity index (χ4v) is 3.76. The van der Waals surface area contributed by atoms with Crippen LogP contribution in [0.2, 0.25) is 10.0 Å². The molecule has 0 spiro atoms. The van der Waals surface area contributed by atoms with E-state index in [-0.39, 0.29) is 85.0 Å². The molecule has 0 aliphatic rings. The van der Waals surface area contributed by atoms with Crippen molar-refractivity contribution >= 4 is 80.7 Å². The number of nitrogens with zero attached hydrogens (tertiary/aromatic N) is 1. The van der Waals surface area contributed by atoms with Crippen molar-refractivity contribution in [1.82, 2.24) is 10.6 Å². The van der Waals surface area contributed by atoms with Crippen LogP contribution in [0.1, 0.15) is 31.8 Å². The summed E-state index contributed by atoms with van der Waals surface area (Å²) in [7, 11) is 0. The van der Waals surface area contributed by atoms with E-state index in [1.54, 1.807) is 6.07 Å². The fraction of sp³-hybridized carbons (Fsp3) is 0.0667. The summed E-state index contributed by atoms with van der Waals surface area (Å²) in [5.41, 5.74) is 6.52. The number of hydrogen-bond donors (Lipinski definition) is 3. The van der Waals surface area contributed by atoms with Crippen molar-refractivity contribution in [2.75, 3.05) is 0 Å². The maximum atomic E-state index is 13.1. The topological polar surface area (TPSA) is 107 Å². The first-order valence-electron chi connectivity index (χ1n) is 12.4. The second-order valence-electron chi connectivity index (χ2n) is 8.44. The molecular weight excluding hydrogens is 772 g/mol. The summed E-state index contributed by atoms with van der Waals surface area (Å²) in [4.78, 5) is 22.2. The molecule has 0 atom stereocenters. The predicted octanol–water partition coefficient (Wildman–Crippen LogP) is 5.51. The third kappa shape index (κ3) is 16.9. The minimum atomic E-state index is -1.13. The number of nitrogens with two attached hydrogens (primary N) is 1. The van der Waals surface area contributed by atoms with Crippen LogP contribution in [0.25, 0.3) is 5.41 Å². The fourth-order valence-electron chi connectivity index (χ4n) is 3.00. The van der Waals surface area contributed by atoms with Crippen molar-refractivity contribution in [3.05, 3.63) is 145 Å². The molecule has 0 aliphatic carbocycles. The van der Waals surface area contributed by atoms with Crippen LogP contribution in [-0.2, 0) is 13.1 Å². The molecule has 0 aliphatic heterocycles. The molecule has 4 aromatic rings. The number of isothiocyanates is 1. The van der Waals surface area contributed by atoms with Gasteiger partial charge < -0.3 is 16.5 Å². The van der Waals surface area contributed by atoms with Crippen molar-refractivity contribution in [2.45, 2.75) is 13.1 Å². The average molecular weight is 792 g/mol. The second kappa shape index (κ2) is 24.0. The van der Waals surface area contributed by atoms with Crippen molar-refractivity contribution in [2.24, 2.45) is 5.73 Å². The number of halogens is 9. The number of rotatable bonds is 5. The first-order chi connectivity index (χ1) is 22.1. The minimum Gasteiger partial charge on any atom is -0.753 e. The van der Waals surface area contributed by atoms with Crippen LogP contribution in [-0.4, -0.2) is 21.4 Å². The maximum Gasteiger partial charge on any atom is 1.00 e. The van der Waals surface area contributed by atoms with Crippen molar-refractivity contribution in [1.29, 1.82) is 0 Å². The van der Waals surface area contributed by atoms with Crippen LogP contribution in [0.5, 0.6) is 0 Å². The molecule has 0 bridgehead atoms. The van der Waals surface area contributed by atoms with Gasteiger partial charge in [-0.25, -0.2) is 26.3 Å². The first kappa shape index (κ1) is 45.8. The maximum absolute atomic E-state index is 13.1. The monoisotopic (exact) mass is 790 g/mol. The van der Waals surface area contributed by atoms with E-state index in [9.17, 15) is 35.9 Å². The summed E-state index contributed by atoms with van der Waals surface area (Å²) < 4.78 is 75.8. The molecule has 0 saturated heterocycles. The Hall–Kier alpha value is -2.24. The van der Waals surface area contributed by atoms with Gasteiger partial charge in [-0.05, 0) is 95.6 Å². The van der Waals surface area contributed by atoms with Gasteiger partial charge in [-0.15, -0.1) is 0 Å². The molecule has 4 aromatic carbocycles. The summed E-state index contributed by atoms with van der Waals surface area (Å²) in [5, 5.41) is 13.3. The van der Waals surface area contributed by atoms with Crippen molar-refractivity contribution in [3.63, 3.8) is 0 Å². The molecule has 18 heteroatoms. The molecule has 0 saturated carbocycles. The zero-order chi connectivity index (χ0) is 35.7. The third-order valence-corrected chi connectivity index (χ3v) is 6.41. The Morgan fingerprint density at radius 2 is 1.19 bits per heavy atom. The van der Waals surface area contributed by atoms with E-state index >= 15 is 0 Å². The summed E-state index contributed by atoms with van der Waals surface area (Å²) in [6, 6.07) is 13.5. The summed E-state index contributed by atoms with van der Waals surface area (Å²) in [6.45, 7) is 0.509. The quantitative estimate of drug-likeness (QED) is 0.0811. The van der Waals surface area contributed by atoms with Gasteiger partial charge in [0.05, 0.1) is 0 Å². The number of carbonyl (C=O) groups excluding carboxylic acids is 2. The Balaban J connectivity index is 0.000000736. The van der Waals surface area contributed by atoms with Gasteiger partial charge in [0.1, 0.15) is 11.6 Å². The largest absolute Gasteiger partial charge is 1.00 e. The molecule has 4 N–H and O–H groups in total. The van der Waals surface area contributed by atoms with Crippen LogP contribution in [0, 0.1) is 34.9 Å². The van der Waals surface area contributed by atoms with Crippen LogP contribution < -0.4 is 67.8 Å². The van der Waals surface area contributed by atoms with Crippen LogP contribution in [0.3, 0.4) is 0 Å². The Labute approximate surface area is 339 Å². The minimum absolute atomic E-state index is 0. The number of benzene rings is 4. The van der Waals surface area contributed by atoms with Gasteiger partial charge in [-0.2, -0.15) is 5.16 Å². The summed E-state index contributed by atoms with van der Waals surface area (Å²) in [5.74, 6) is -5.73. The van der Waals surface area contributed by atoms with Gasteiger partial charge in [-0.3, -0.25) is 14.9 Å². The summed E-state index contributed by atoms with van der Waals surface area (Å²) >= 11 is 25.1. The molecule has 0 aromatic heterocycles. The van der Waals surface area contributed by atoms with Gasteiger partial charge in [0, 0.05) is 34.3 Å². The molecule has 0 fully saturated rings. The summed E-state index contributed by atoms with van der Waals surface area (Å²) in [6.07, 6.45) is 0. The van der Waals surface area contributed by atoms with Gasteiger partial charge in [0.15, 0.2) is 28.4 Å². The van der Waals surface area contributed by atoms with Crippen LogP contribution >= 0.6 is 59.2 Å². The first-order valence-corrected chi connectivity index (χ1v) is 14.4. The SMILES string of the molecule is NCc1ccc(F)cc1Cl.O=C(Cl)c1ccc(F)c(F)c1.O=C(NC(=S)NCc1ccc(F)cc1Cl)c1ccc(F)c(F)c1.[K+].[N-]=C=S. The van der Waals surface area contributed by atoms with Crippen molar-refractivity contribution < 1.29 is 87.3 Å². The van der Waals surface area contributed by atoms with Crippen molar-refractivity contribution in [3.8, 4) is 0 Å². The zero-order valence-corrected chi connectivity index (χ0v) is 31.4. The Bertz CT molecular complexity index is 1770. The van der Waals surface area contributed by atoms with E-state index in [1.807, 2.05) is 0 Å². The molecule has 248 valence electrons. The van der Waals surface area contributed by atoms with Gasteiger partial charge in [0.2, 0.25) is 0 Å². The molecular formula is C30H20Cl3F6KN4O2S2. The Morgan fingerprint density at radius 3 is 1.60 bits per heavy atom. The molecule has 0 radical (unpaired) electrons. The number of hydrogen-bond acceptors (Lipinski definition) is 5. The van der Waals surface area contributed by atoms with Gasteiger partial charge >= 0.3 is 51.4 Å². The van der Waals surface area contributed by atoms with E-state index in [0.29, 0.717) is 17.1 Å². The van der Waals surface area contributed by atoms with Crippen LogP contribution in [0.4, 0.5) is 26.3 Å². The number of nitrogens with one attached hydrogen (secondary N) is 2. The normalized spacial score (nSPS) is 9.38. The molecule has 1 amide bonds. The average Bonchev–Trinajstić information content (AvgIpc) is 3.00. The molecule has 48 heavy (non-hydrogen) atoms. The molecule has 4 rings (SSSR count). The Kier molecular flexibility index (Phi) is 22.9. The second-order valence-corrected chi connectivity index (χ2v) is 10.2. The van der Waals surface area contributed by atoms with E-state index in [0.717, 1.165) is 48.0 Å². The molecule has 0 heterocycles. The van der Waals surface area contributed by atoms with E-state index in [1.165, 1.54) is 29.4 Å². The van der Waals surface area contributed by atoms with Gasteiger partial charge in [-0.1, -0.05) is 47.6 Å². The third-order valence-electron chi connectivity index (χ3n) is 5.24. The van der Waals surface area contributed by atoms with E-state index < -0.39 is 40.2 Å². The Morgan fingerprint density at radius 1 is 0.750 bits per heavy atom. The van der Waals surface area contributed by atoms with E-state index in [4.69, 9.17) is 58.2 Å². The number of thiocarbonyl (C=S) groups is 2. The number of carbonyl (C=O) groups is 2. The van der Waals surface area contributed by atoms with Gasteiger partial charge in [0.25, 0.3) is 11.1 Å². The smallest absolute Gasteiger partial charge is 0.753 e. The van der Waals surface area contributed by atoms with E-state index in [2.05, 4.69) is 22.9 Å². The van der Waals surface area contributed by atoms with Crippen LogP contribution in [0.15, 0.2) is 72.8 Å². The zero-order valence-electron chi connectivity index (χ0n) is 24.4.